The molecule has 2 aromatic carbocycles. The Hall–Kier alpha value is -3.84. The molecule has 0 spiro atoms. The monoisotopic (exact) mass is 504 g/mol. The Balaban J connectivity index is 0.00000408. The highest BCUT2D eigenvalue weighted by Crippen LogP contribution is 2.30. The zero-order valence-electron chi connectivity index (χ0n) is 17.0. The van der Waals surface area contributed by atoms with Crippen LogP contribution in [0.25, 0.3) is 10.9 Å². The second-order valence-electron chi connectivity index (χ2n) is 6.48. The molecule has 0 fully saturated rings. The third-order valence-electron chi connectivity index (χ3n) is 4.25. The second-order valence-corrected chi connectivity index (χ2v) is 6.48. The SMILES string of the molecule is Cl.NCC(=O)OCOC(=O)n1cc(NC(=O)Nc2ccc(C(F)(F)F)cc2)c2cc(F)ccc21. The molecular weight excluding hydrogens is 488 g/mol. The molecule has 1 heterocycles. The van der Waals surface area contributed by atoms with Gasteiger partial charge in [0.2, 0.25) is 6.79 Å². The Bertz CT molecular complexity index is 1200. The van der Waals surface area contributed by atoms with Crippen molar-refractivity contribution in [3.05, 3.63) is 60.0 Å². The lowest BCUT2D eigenvalue weighted by Crippen LogP contribution is -2.21. The highest BCUT2D eigenvalue weighted by Gasteiger charge is 2.30. The molecule has 0 saturated heterocycles. The number of nitrogens with zero attached hydrogens (tertiary/aromatic N) is 1. The molecule has 3 rings (SSSR count). The van der Waals surface area contributed by atoms with Crippen LogP contribution < -0.4 is 16.4 Å². The van der Waals surface area contributed by atoms with E-state index in [0.717, 1.165) is 47.2 Å². The van der Waals surface area contributed by atoms with Crippen molar-refractivity contribution in [2.75, 3.05) is 24.0 Å². The molecule has 0 bridgehead atoms. The van der Waals surface area contributed by atoms with Crippen LogP contribution in [0.15, 0.2) is 48.7 Å². The molecule has 3 aromatic rings. The molecule has 0 aliphatic carbocycles. The highest BCUT2D eigenvalue weighted by molar-refractivity contribution is 6.07. The van der Waals surface area contributed by atoms with Gasteiger partial charge in [-0.15, -0.1) is 12.4 Å². The standard InChI is InChI=1S/C20H16F4N4O5.ClH/c21-12-3-6-16-14(7-12)15(9-28(16)19(31)33-10-32-17(29)8-25)27-18(30)26-13-4-1-11(2-5-13)20(22,23)24;/h1-7,9H,8,10,25H2,(H2,26,27,30);1H. The number of amides is 2. The number of rotatable bonds is 5. The molecule has 0 aliphatic rings. The molecule has 34 heavy (non-hydrogen) atoms. The fraction of sp³-hybridized carbons (Fsp3) is 0.150. The van der Waals surface area contributed by atoms with Crippen molar-refractivity contribution in [2.24, 2.45) is 5.73 Å². The van der Waals surface area contributed by atoms with Crippen molar-refractivity contribution < 1.29 is 41.4 Å². The van der Waals surface area contributed by atoms with E-state index in [1.54, 1.807) is 0 Å². The molecule has 4 N–H and O–H groups in total. The number of fused-ring (bicyclic) bond motifs is 1. The summed E-state index contributed by atoms with van der Waals surface area (Å²) in [7, 11) is 0. The summed E-state index contributed by atoms with van der Waals surface area (Å²) in [6, 6.07) is 6.25. The number of carbonyl (C=O) groups is 3. The smallest absolute Gasteiger partial charge is 0.421 e. The number of anilines is 2. The van der Waals surface area contributed by atoms with Crippen molar-refractivity contribution >= 4 is 52.8 Å². The first-order valence-electron chi connectivity index (χ1n) is 9.17. The van der Waals surface area contributed by atoms with Crippen LogP contribution in [0.3, 0.4) is 0 Å². The molecule has 14 heteroatoms. The number of nitrogens with two attached hydrogens (primary N) is 1. The van der Waals surface area contributed by atoms with Gasteiger partial charge in [0.25, 0.3) is 0 Å². The Morgan fingerprint density at radius 3 is 2.29 bits per heavy atom. The molecule has 0 saturated carbocycles. The summed E-state index contributed by atoms with van der Waals surface area (Å²) >= 11 is 0. The number of nitrogens with one attached hydrogen (secondary N) is 2. The Morgan fingerprint density at radius 2 is 1.68 bits per heavy atom. The third kappa shape index (κ3) is 6.36. The first kappa shape index (κ1) is 26.4. The molecule has 0 radical (unpaired) electrons. The van der Waals surface area contributed by atoms with E-state index in [4.69, 9.17) is 10.5 Å². The van der Waals surface area contributed by atoms with Crippen LogP contribution in [0.2, 0.25) is 0 Å². The van der Waals surface area contributed by atoms with Gasteiger partial charge in [-0.3, -0.25) is 9.36 Å². The molecule has 2 amide bonds. The predicted molar refractivity (Wildman–Crippen MR) is 115 cm³/mol. The zero-order chi connectivity index (χ0) is 24.2. The van der Waals surface area contributed by atoms with Gasteiger partial charge < -0.3 is 25.8 Å². The number of urea groups is 1. The van der Waals surface area contributed by atoms with Gasteiger partial charge in [0.05, 0.1) is 23.3 Å². The van der Waals surface area contributed by atoms with Gasteiger partial charge >= 0.3 is 24.3 Å². The quantitative estimate of drug-likeness (QED) is 0.270. The van der Waals surface area contributed by atoms with Gasteiger partial charge in [0, 0.05) is 17.3 Å². The van der Waals surface area contributed by atoms with Crippen LogP contribution in [0.1, 0.15) is 5.56 Å². The zero-order valence-corrected chi connectivity index (χ0v) is 17.8. The molecule has 0 unspecified atom stereocenters. The van der Waals surface area contributed by atoms with Gasteiger partial charge in [-0.25, -0.2) is 14.0 Å². The molecule has 0 aliphatic heterocycles. The van der Waals surface area contributed by atoms with E-state index in [1.807, 2.05) is 0 Å². The van der Waals surface area contributed by atoms with Gasteiger partial charge in [0.15, 0.2) is 0 Å². The van der Waals surface area contributed by atoms with Crippen molar-refractivity contribution in [1.82, 2.24) is 4.57 Å². The maximum absolute atomic E-state index is 13.8. The topological polar surface area (TPSA) is 125 Å². The average molecular weight is 505 g/mol. The summed E-state index contributed by atoms with van der Waals surface area (Å²) < 4.78 is 62.0. The minimum atomic E-state index is -4.52. The van der Waals surface area contributed by atoms with E-state index >= 15 is 0 Å². The largest absolute Gasteiger partial charge is 0.427 e. The number of hydrogen-bond acceptors (Lipinski definition) is 6. The Kier molecular flexibility index (Phi) is 8.43. The summed E-state index contributed by atoms with van der Waals surface area (Å²) in [6.07, 6.45) is -4.37. The van der Waals surface area contributed by atoms with E-state index in [9.17, 15) is 31.9 Å². The number of ether oxygens (including phenoxy) is 2. The highest BCUT2D eigenvalue weighted by atomic mass is 35.5. The summed E-state index contributed by atoms with van der Waals surface area (Å²) in [4.78, 5) is 35.7. The maximum Gasteiger partial charge on any atom is 0.421 e. The third-order valence-corrected chi connectivity index (χ3v) is 4.25. The lowest BCUT2D eigenvalue weighted by atomic mass is 10.2. The van der Waals surface area contributed by atoms with E-state index in [1.165, 1.54) is 6.07 Å². The summed E-state index contributed by atoms with van der Waals surface area (Å²) in [6.45, 7) is -1.13. The van der Waals surface area contributed by atoms with Crippen molar-refractivity contribution in [2.45, 2.75) is 6.18 Å². The van der Waals surface area contributed by atoms with Crippen LogP contribution in [-0.2, 0) is 20.4 Å². The molecule has 9 nitrogen and oxygen atoms in total. The summed E-state index contributed by atoms with van der Waals surface area (Å²) in [5.41, 5.74) is 4.42. The molecule has 0 atom stereocenters. The fourth-order valence-electron chi connectivity index (χ4n) is 2.75. The average Bonchev–Trinajstić information content (AvgIpc) is 3.10. The Morgan fingerprint density at radius 1 is 1.00 bits per heavy atom. The van der Waals surface area contributed by atoms with Crippen LogP contribution in [0.5, 0.6) is 0 Å². The molecule has 1 aromatic heterocycles. The van der Waals surface area contributed by atoms with E-state index in [-0.39, 0.29) is 34.7 Å². The molecule has 182 valence electrons. The summed E-state index contributed by atoms with van der Waals surface area (Å²) in [5, 5.41) is 4.86. The second kappa shape index (κ2) is 10.9. The number of halogens is 5. The van der Waals surface area contributed by atoms with Crippen molar-refractivity contribution in [1.29, 1.82) is 0 Å². The van der Waals surface area contributed by atoms with Crippen molar-refractivity contribution in [3.63, 3.8) is 0 Å². The van der Waals surface area contributed by atoms with Crippen molar-refractivity contribution in [3.8, 4) is 0 Å². The number of aromatic nitrogens is 1. The van der Waals surface area contributed by atoms with Gasteiger partial charge in [-0.2, -0.15) is 13.2 Å². The number of hydrogen-bond donors (Lipinski definition) is 3. The van der Waals surface area contributed by atoms with Crippen LogP contribution in [-0.4, -0.2) is 36.0 Å². The first-order chi connectivity index (χ1) is 15.6. The van der Waals surface area contributed by atoms with E-state index < -0.39 is 49.0 Å². The first-order valence-corrected chi connectivity index (χ1v) is 9.17. The lowest BCUT2D eigenvalue weighted by molar-refractivity contribution is -0.150. The number of carbonyl (C=O) groups excluding carboxylic acids is 3. The number of benzene rings is 2. The van der Waals surface area contributed by atoms with Gasteiger partial charge in [-0.1, -0.05) is 0 Å². The van der Waals surface area contributed by atoms with Gasteiger partial charge in [0.1, 0.15) is 5.82 Å². The van der Waals surface area contributed by atoms with Crippen LogP contribution in [0, 0.1) is 5.82 Å². The normalized spacial score (nSPS) is 10.9. The molecular formula is C20H17ClF4N4O5. The van der Waals surface area contributed by atoms with Crippen LogP contribution in [0.4, 0.5) is 38.5 Å². The van der Waals surface area contributed by atoms with E-state index in [2.05, 4.69) is 15.4 Å². The fourth-order valence-corrected chi connectivity index (χ4v) is 2.75. The Labute approximate surface area is 195 Å². The lowest BCUT2D eigenvalue weighted by Gasteiger charge is -2.09. The van der Waals surface area contributed by atoms with Crippen LogP contribution >= 0.6 is 12.4 Å². The predicted octanol–water partition coefficient (Wildman–Crippen LogP) is 4.31. The minimum Gasteiger partial charge on any atom is -0.427 e. The van der Waals surface area contributed by atoms with E-state index in [0.29, 0.717) is 0 Å². The minimum absolute atomic E-state index is 0. The summed E-state index contributed by atoms with van der Waals surface area (Å²) in [5.74, 6) is -1.46. The maximum atomic E-state index is 13.8. The number of alkyl halides is 3. The number of esters is 1. The van der Waals surface area contributed by atoms with Gasteiger partial charge in [-0.05, 0) is 42.5 Å².